The minimum Gasteiger partial charge on any atom is -0.368 e. The Morgan fingerprint density at radius 3 is 3.06 bits per heavy atom. The molecule has 1 aliphatic heterocycles. The first kappa shape index (κ1) is 12.7. The Balaban J connectivity index is 2.13. The second kappa shape index (κ2) is 5.74. The predicted octanol–water partition coefficient (Wildman–Crippen LogP) is 3.23. The number of benzene rings is 1. The highest BCUT2D eigenvalue weighted by Crippen LogP contribution is 2.25. The van der Waals surface area contributed by atoms with E-state index in [0.717, 1.165) is 24.7 Å². The van der Waals surface area contributed by atoms with Gasteiger partial charge in [-0.05, 0) is 31.0 Å². The van der Waals surface area contributed by atoms with Crippen molar-refractivity contribution < 1.29 is 0 Å². The maximum absolute atomic E-state index is 6.09. The molecule has 0 bridgehead atoms. The van der Waals surface area contributed by atoms with Crippen molar-refractivity contribution in [2.45, 2.75) is 32.7 Å². The second-order valence-corrected chi connectivity index (χ2v) is 5.25. The van der Waals surface area contributed by atoms with E-state index < -0.39 is 0 Å². The zero-order chi connectivity index (χ0) is 12.3. The van der Waals surface area contributed by atoms with Gasteiger partial charge in [0.15, 0.2) is 0 Å². The monoisotopic (exact) mass is 252 g/mol. The van der Waals surface area contributed by atoms with Crippen LogP contribution in [0.4, 0.5) is 5.69 Å². The number of nitrogens with one attached hydrogen (secondary N) is 1. The molecule has 94 valence electrons. The molecule has 17 heavy (non-hydrogen) atoms. The van der Waals surface area contributed by atoms with Crippen molar-refractivity contribution in [3.8, 4) is 0 Å². The van der Waals surface area contributed by atoms with E-state index in [1.165, 1.54) is 24.1 Å². The predicted molar refractivity (Wildman–Crippen MR) is 75.1 cm³/mol. The molecule has 1 N–H and O–H groups in total. The molecule has 1 heterocycles. The molecule has 1 aliphatic rings. The van der Waals surface area contributed by atoms with Crippen LogP contribution in [0.2, 0.25) is 5.02 Å². The number of aryl methyl sites for hydroxylation is 1. The summed E-state index contributed by atoms with van der Waals surface area (Å²) in [6.07, 6.45) is 2.48. The molecule has 0 amide bonds. The van der Waals surface area contributed by atoms with Gasteiger partial charge in [-0.3, -0.25) is 0 Å². The summed E-state index contributed by atoms with van der Waals surface area (Å²) in [5, 5.41) is 4.41. The number of rotatable bonds is 3. The molecule has 0 radical (unpaired) electrons. The molecule has 1 aromatic carbocycles. The maximum atomic E-state index is 6.09. The van der Waals surface area contributed by atoms with E-state index in [1.807, 2.05) is 6.07 Å². The van der Waals surface area contributed by atoms with E-state index in [0.29, 0.717) is 6.04 Å². The average molecular weight is 253 g/mol. The van der Waals surface area contributed by atoms with Crippen molar-refractivity contribution in [1.29, 1.82) is 0 Å². The van der Waals surface area contributed by atoms with Gasteiger partial charge in [-0.15, -0.1) is 0 Å². The molecule has 0 saturated carbocycles. The van der Waals surface area contributed by atoms with Gasteiger partial charge < -0.3 is 10.2 Å². The standard InChI is InChI=1S/C14H21ClN2/c1-3-4-13-10-17(8-7-16-13)14-9-12(15)6-5-11(14)2/h5-6,9,13,16H,3-4,7-8,10H2,1-2H3. The molecule has 3 heteroatoms. The van der Waals surface area contributed by atoms with Gasteiger partial charge in [-0.25, -0.2) is 0 Å². The normalized spacial score (nSPS) is 20.6. The summed E-state index contributed by atoms with van der Waals surface area (Å²) in [5.74, 6) is 0. The van der Waals surface area contributed by atoms with Gasteiger partial charge in [-0.1, -0.05) is 31.0 Å². The van der Waals surface area contributed by atoms with Crippen LogP contribution >= 0.6 is 11.6 Å². The minimum atomic E-state index is 0.618. The number of hydrogen-bond donors (Lipinski definition) is 1. The van der Waals surface area contributed by atoms with E-state index in [-0.39, 0.29) is 0 Å². The molecule has 0 aromatic heterocycles. The number of halogens is 1. The first-order valence-electron chi connectivity index (χ1n) is 6.45. The summed E-state index contributed by atoms with van der Waals surface area (Å²) in [4.78, 5) is 2.46. The SMILES string of the molecule is CCCC1CN(c2cc(Cl)ccc2C)CCN1. The lowest BCUT2D eigenvalue weighted by Gasteiger charge is -2.36. The van der Waals surface area contributed by atoms with Crippen LogP contribution in [0.1, 0.15) is 25.3 Å². The first-order chi connectivity index (χ1) is 8.20. The summed E-state index contributed by atoms with van der Waals surface area (Å²) in [7, 11) is 0. The lowest BCUT2D eigenvalue weighted by atomic mass is 10.1. The van der Waals surface area contributed by atoms with Crippen LogP contribution in [0, 0.1) is 6.92 Å². The van der Waals surface area contributed by atoms with Crippen molar-refractivity contribution >= 4 is 17.3 Å². The van der Waals surface area contributed by atoms with Crippen molar-refractivity contribution in [2.24, 2.45) is 0 Å². The van der Waals surface area contributed by atoms with Crippen LogP contribution in [0.5, 0.6) is 0 Å². The van der Waals surface area contributed by atoms with Crippen LogP contribution in [0.15, 0.2) is 18.2 Å². The Morgan fingerprint density at radius 2 is 2.29 bits per heavy atom. The third-order valence-electron chi connectivity index (χ3n) is 3.40. The molecule has 1 atom stereocenters. The third-order valence-corrected chi connectivity index (χ3v) is 3.64. The third kappa shape index (κ3) is 3.14. The Morgan fingerprint density at radius 1 is 1.47 bits per heavy atom. The maximum Gasteiger partial charge on any atom is 0.0426 e. The first-order valence-corrected chi connectivity index (χ1v) is 6.83. The van der Waals surface area contributed by atoms with Gasteiger partial charge in [0.1, 0.15) is 0 Å². The zero-order valence-electron chi connectivity index (χ0n) is 10.7. The number of anilines is 1. The second-order valence-electron chi connectivity index (χ2n) is 4.82. The number of nitrogens with zero attached hydrogens (tertiary/aromatic N) is 1. The van der Waals surface area contributed by atoms with Gasteiger partial charge in [-0.2, -0.15) is 0 Å². The van der Waals surface area contributed by atoms with Crippen LogP contribution in [0.3, 0.4) is 0 Å². The van der Waals surface area contributed by atoms with Gasteiger partial charge in [0.2, 0.25) is 0 Å². The van der Waals surface area contributed by atoms with Crippen molar-refractivity contribution in [3.63, 3.8) is 0 Å². The Hall–Kier alpha value is -0.730. The van der Waals surface area contributed by atoms with Crippen LogP contribution in [-0.2, 0) is 0 Å². The molecule has 1 aromatic rings. The Kier molecular flexibility index (Phi) is 4.30. The molecule has 1 unspecified atom stereocenters. The van der Waals surface area contributed by atoms with Gasteiger partial charge in [0.25, 0.3) is 0 Å². The highest BCUT2D eigenvalue weighted by molar-refractivity contribution is 6.30. The largest absolute Gasteiger partial charge is 0.368 e. The van der Waals surface area contributed by atoms with Crippen molar-refractivity contribution in [2.75, 3.05) is 24.5 Å². The number of piperazine rings is 1. The van der Waals surface area contributed by atoms with Crippen LogP contribution in [-0.4, -0.2) is 25.7 Å². The molecule has 2 rings (SSSR count). The summed E-state index contributed by atoms with van der Waals surface area (Å²) in [6.45, 7) is 7.63. The van der Waals surface area contributed by atoms with Crippen LogP contribution < -0.4 is 10.2 Å². The fourth-order valence-corrected chi connectivity index (χ4v) is 2.68. The molecule has 2 nitrogen and oxygen atoms in total. The van der Waals surface area contributed by atoms with Crippen molar-refractivity contribution in [1.82, 2.24) is 5.32 Å². The van der Waals surface area contributed by atoms with E-state index in [9.17, 15) is 0 Å². The summed E-state index contributed by atoms with van der Waals surface area (Å²) >= 11 is 6.09. The quantitative estimate of drug-likeness (QED) is 0.889. The Labute approximate surface area is 109 Å². The van der Waals surface area contributed by atoms with Crippen molar-refractivity contribution in [3.05, 3.63) is 28.8 Å². The molecule has 1 saturated heterocycles. The smallest absolute Gasteiger partial charge is 0.0426 e. The van der Waals surface area contributed by atoms with E-state index in [1.54, 1.807) is 0 Å². The lowest BCUT2D eigenvalue weighted by Crippen LogP contribution is -2.50. The summed E-state index contributed by atoms with van der Waals surface area (Å²) in [5.41, 5.74) is 2.60. The number of hydrogen-bond acceptors (Lipinski definition) is 2. The van der Waals surface area contributed by atoms with Crippen LogP contribution in [0.25, 0.3) is 0 Å². The molecular formula is C14H21ClN2. The van der Waals surface area contributed by atoms with E-state index >= 15 is 0 Å². The fraction of sp³-hybridized carbons (Fsp3) is 0.571. The van der Waals surface area contributed by atoms with E-state index in [4.69, 9.17) is 11.6 Å². The van der Waals surface area contributed by atoms with Gasteiger partial charge in [0.05, 0.1) is 0 Å². The highest BCUT2D eigenvalue weighted by Gasteiger charge is 2.19. The van der Waals surface area contributed by atoms with E-state index in [2.05, 4.69) is 36.2 Å². The lowest BCUT2D eigenvalue weighted by molar-refractivity contribution is 0.430. The Bertz CT molecular complexity index is 376. The van der Waals surface area contributed by atoms with Gasteiger partial charge in [0, 0.05) is 36.4 Å². The summed E-state index contributed by atoms with van der Waals surface area (Å²) in [6, 6.07) is 6.78. The topological polar surface area (TPSA) is 15.3 Å². The molecule has 0 spiro atoms. The average Bonchev–Trinajstić information content (AvgIpc) is 2.33. The molecule has 0 aliphatic carbocycles. The summed E-state index contributed by atoms with van der Waals surface area (Å²) < 4.78 is 0. The highest BCUT2D eigenvalue weighted by atomic mass is 35.5. The molecule has 1 fully saturated rings. The van der Waals surface area contributed by atoms with Gasteiger partial charge >= 0.3 is 0 Å². The zero-order valence-corrected chi connectivity index (χ0v) is 11.4. The minimum absolute atomic E-state index is 0.618. The fourth-order valence-electron chi connectivity index (χ4n) is 2.51. The molecular weight excluding hydrogens is 232 g/mol.